The molecule has 0 unspecified atom stereocenters. The zero-order valence-electron chi connectivity index (χ0n) is 19.5. The summed E-state index contributed by atoms with van der Waals surface area (Å²) in [6.07, 6.45) is 7.00. The smallest absolute Gasteiger partial charge is 0.178 e. The van der Waals surface area contributed by atoms with Gasteiger partial charge in [0, 0.05) is 46.7 Å². The van der Waals surface area contributed by atoms with Crippen LogP contribution in [0.4, 0.5) is 0 Å². The highest BCUT2D eigenvalue weighted by molar-refractivity contribution is 6.07. The Morgan fingerprint density at radius 2 is 0.946 bits per heavy atom. The van der Waals surface area contributed by atoms with Crippen LogP contribution in [0.15, 0.2) is 114 Å². The highest BCUT2D eigenvalue weighted by Gasteiger charge is 2.13. The predicted octanol–water partition coefficient (Wildman–Crippen LogP) is 6.62. The van der Waals surface area contributed by atoms with Gasteiger partial charge in [0.15, 0.2) is 11.6 Å². The molecule has 0 saturated heterocycles. The van der Waals surface area contributed by atoms with E-state index in [0.29, 0.717) is 11.6 Å². The molecule has 37 heavy (non-hydrogen) atoms. The van der Waals surface area contributed by atoms with Crippen LogP contribution in [-0.2, 0) is 0 Å². The van der Waals surface area contributed by atoms with Gasteiger partial charge in [0.1, 0.15) is 22.6 Å². The van der Waals surface area contributed by atoms with Crippen molar-refractivity contribution in [2.24, 2.45) is 0 Å². The molecule has 7 heteroatoms. The summed E-state index contributed by atoms with van der Waals surface area (Å²) in [7, 11) is 0. The molecule has 174 valence electrons. The van der Waals surface area contributed by atoms with Crippen molar-refractivity contribution in [3.63, 3.8) is 0 Å². The van der Waals surface area contributed by atoms with Crippen molar-refractivity contribution in [1.82, 2.24) is 29.9 Å². The first-order valence-electron chi connectivity index (χ1n) is 11.8. The molecule has 0 radical (unpaired) electrons. The SMILES string of the molecule is c1ccc(-c2nccc(-c3ccc4oc5ccc(-c6ccnc(-c7ccccn7)n6)cc5c4c3)n2)nc1. The number of furan rings is 1. The Balaban J connectivity index is 1.32. The maximum atomic E-state index is 6.13. The van der Waals surface area contributed by atoms with E-state index < -0.39 is 0 Å². The largest absolute Gasteiger partial charge is 0.456 e. The number of pyridine rings is 2. The molecule has 0 fully saturated rings. The van der Waals surface area contributed by atoms with Gasteiger partial charge in [-0.3, -0.25) is 9.97 Å². The van der Waals surface area contributed by atoms with E-state index in [1.54, 1.807) is 24.8 Å². The molecule has 5 heterocycles. The molecule has 2 aromatic carbocycles. The van der Waals surface area contributed by atoms with Crippen LogP contribution in [0.2, 0.25) is 0 Å². The van der Waals surface area contributed by atoms with Gasteiger partial charge in [0.2, 0.25) is 0 Å². The van der Waals surface area contributed by atoms with Crippen LogP contribution in [0.1, 0.15) is 0 Å². The molecule has 0 spiro atoms. The Morgan fingerprint density at radius 1 is 0.432 bits per heavy atom. The van der Waals surface area contributed by atoms with Gasteiger partial charge in [-0.05, 0) is 72.8 Å². The van der Waals surface area contributed by atoms with Crippen molar-refractivity contribution in [2.75, 3.05) is 0 Å². The number of nitrogens with zero attached hydrogens (tertiary/aromatic N) is 6. The molecule has 0 aliphatic carbocycles. The van der Waals surface area contributed by atoms with Crippen molar-refractivity contribution in [3.8, 4) is 45.6 Å². The molecule has 0 amide bonds. The minimum Gasteiger partial charge on any atom is -0.456 e. The first kappa shape index (κ1) is 21.0. The van der Waals surface area contributed by atoms with E-state index in [-0.39, 0.29) is 0 Å². The lowest BCUT2D eigenvalue weighted by Crippen LogP contribution is -1.93. The van der Waals surface area contributed by atoms with Gasteiger partial charge < -0.3 is 4.42 Å². The zero-order valence-corrected chi connectivity index (χ0v) is 19.5. The second kappa shape index (κ2) is 8.73. The molecule has 5 aromatic heterocycles. The molecule has 0 N–H and O–H groups in total. The van der Waals surface area contributed by atoms with E-state index >= 15 is 0 Å². The lowest BCUT2D eigenvalue weighted by molar-refractivity contribution is 0.669. The Bertz CT molecular complexity index is 1750. The summed E-state index contributed by atoms with van der Waals surface area (Å²) in [5, 5.41) is 2.01. The summed E-state index contributed by atoms with van der Waals surface area (Å²) in [5.41, 5.74) is 6.67. The Morgan fingerprint density at radius 3 is 1.41 bits per heavy atom. The van der Waals surface area contributed by atoms with E-state index in [4.69, 9.17) is 14.4 Å². The lowest BCUT2D eigenvalue weighted by atomic mass is 10.0. The van der Waals surface area contributed by atoms with Crippen LogP contribution in [0.5, 0.6) is 0 Å². The summed E-state index contributed by atoms with van der Waals surface area (Å²) in [4.78, 5) is 27.1. The van der Waals surface area contributed by atoms with E-state index in [9.17, 15) is 0 Å². The number of benzene rings is 2. The summed E-state index contributed by atoms with van der Waals surface area (Å²) in [6.45, 7) is 0. The van der Waals surface area contributed by atoms with Gasteiger partial charge in [-0.15, -0.1) is 0 Å². The molecule has 0 atom stereocenters. The summed E-state index contributed by atoms with van der Waals surface area (Å²) in [5.74, 6) is 1.18. The molecule has 7 aromatic rings. The highest BCUT2D eigenvalue weighted by Crippen LogP contribution is 2.34. The van der Waals surface area contributed by atoms with Gasteiger partial charge in [-0.2, -0.15) is 0 Å². The standard InChI is InChI=1S/C30H18N6O/c1-3-13-31-25(5-1)29-33-15-11-23(35-29)19-7-9-27-21(17-19)22-18-20(8-10-28(22)37-27)24-12-16-34-30(36-24)26-6-2-4-14-32-26/h1-18H. The Labute approximate surface area is 211 Å². The minimum atomic E-state index is 0.588. The average Bonchev–Trinajstić information content (AvgIpc) is 3.35. The van der Waals surface area contributed by atoms with E-state index in [1.165, 1.54) is 0 Å². The molecule has 0 aliphatic rings. The minimum absolute atomic E-state index is 0.588. The van der Waals surface area contributed by atoms with Gasteiger partial charge in [-0.1, -0.05) is 12.1 Å². The Kier molecular flexibility index (Phi) is 4.96. The second-order valence-electron chi connectivity index (χ2n) is 8.48. The fourth-order valence-corrected chi connectivity index (χ4v) is 4.37. The molecule has 0 bridgehead atoms. The summed E-state index contributed by atoms with van der Waals surface area (Å²) >= 11 is 0. The topological polar surface area (TPSA) is 90.5 Å². The first-order valence-corrected chi connectivity index (χ1v) is 11.8. The van der Waals surface area contributed by atoms with E-state index in [1.807, 2.05) is 72.8 Å². The zero-order chi connectivity index (χ0) is 24.6. The molecule has 0 aliphatic heterocycles. The third kappa shape index (κ3) is 3.88. The van der Waals surface area contributed by atoms with Crippen LogP contribution in [-0.4, -0.2) is 29.9 Å². The van der Waals surface area contributed by atoms with Crippen molar-refractivity contribution >= 4 is 21.9 Å². The van der Waals surface area contributed by atoms with Crippen molar-refractivity contribution in [1.29, 1.82) is 0 Å². The number of rotatable bonds is 4. The van der Waals surface area contributed by atoms with Gasteiger partial charge in [-0.25, -0.2) is 19.9 Å². The van der Waals surface area contributed by atoms with Crippen molar-refractivity contribution in [2.45, 2.75) is 0 Å². The number of aromatic nitrogens is 6. The third-order valence-electron chi connectivity index (χ3n) is 6.16. The van der Waals surface area contributed by atoms with Crippen LogP contribution in [0.25, 0.3) is 67.5 Å². The maximum Gasteiger partial charge on any atom is 0.178 e. The van der Waals surface area contributed by atoms with Crippen LogP contribution < -0.4 is 0 Å². The number of hydrogen-bond acceptors (Lipinski definition) is 7. The van der Waals surface area contributed by atoms with Gasteiger partial charge in [0.05, 0.1) is 11.4 Å². The molecular weight excluding hydrogens is 460 g/mol. The van der Waals surface area contributed by atoms with Gasteiger partial charge in [0.25, 0.3) is 0 Å². The second-order valence-corrected chi connectivity index (χ2v) is 8.48. The van der Waals surface area contributed by atoms with Crippen LogP contribution in [0.3, 0.4) is 0 Å². The normalized spacial score (nSPS) is 11.2. The number of fused-ring (bicyclic) bond motifs is 3. The highest BCUT2D eigenvalue weighted by atomic mass is 16.3. The average molecular weight is 479 g/mol. The van der Waals surface area contributed by atoms with Crippen molar-refractivity contribution in [3.05, 3.63) is 110 Å². The quantitative estimate of drug-likeness (QED) is 0.281. The molecule has 7 rings (SSSR count). The predicted molar refractivity (Wildman–Crippen MR) is 142 cm³/mol. The lowest BCUT2D eigenvalue weighted by Gasteiger charge is -2.05. The summed E-state index contributed by atoms with van der Waals surface area (Å²) in [6, 6.07) is 27.4. The summed E-state index contributed by atoms with van der Waals surface area (Å²) < 4.78 is 6.13. The third-order valence-corrected chi connectivity index (χ3v) is 6.16. The molecular formula is C30H18N6O. The number of hydrogen-bond donors (Lipinski definition) is 0. The monoisotopic (exact) mass is 478 g/mol. The fourth-order valence-electron chi connectivity index (χ4n) is 4.37. The van der Waals surface area contributed by atoms with E-state index in [2.05, 4.69) is 32.1 Å². The molecule has 7 nitrogen and oxygen atoms in total. The van der Waals surface area contributed by atoms with Crippen molar-refractivity contribution < 1.29 is 4.42 Å². The Hall–Kier alpha value is -5.30. The van der Waals surface area contributed by atoms with Crippen LogP contribution >= 0.6 is 0 Å². The van der Waals surface area contributed by atoms with E-state index in [0.717, 1.165) is 55.8 Å². The van der Waals surface area contributed by atoms with Crippen LogP contribution in [0, 0.1) is 0 Å². The first-order chi connectivity index (χ1) is 18.3. The fraction of sp³-hybridized carbons (Fsp3) is 0. The molecule has 0 saturated carbocycles. The maximum absolute atomic E-state index is 6.13. The van der Waals surface area contributed by atoms with Gasteiger partial charge >= 0.3 is 0 Å².